The summed E-state index contributed by atoms with van der Waals surface area (Å²) in [7, 11) is 0. The van der Waals surface area contributed by atoms with E-state index in [0.717, 1.165) is 21.5 Å². The van der Waals surface area contributed by atoms with Gasteiger partial charge in [-0.15, -0.1) is 11.3 Å². The second kappa shape index (κ2) is 5.08. The minimum absolute atomic E-state index is 0.585. The van der Waals surface area contributed by atoms with Gasteiger partial charge in [0.1, 0.15) is 10.7 Å². The van der Waals surface area contributed by atoms with E-state index in [1.54, 1.807) is 5.51 Å². The lowest BCUT2D eigenvalue weighted by Gasteiger charge is -2.13. The third-order valence-electron chi connectivity index (χ3n) is 2.53. The lowest BCUT2D eigenvalue weighted by atomic mass is 10.00. The molecule has 1 aromatic heterocycles. The first-order valence-electron chi connectivity index (χ1n) is 5.08. The number of halogens is 1. The minimum Gasteiger partial charge on any atom is -0.383 e. The summed E-state index contributed by atoms with van der Waals surface area (Å²) in [6.45, 7) is 2.09. The predicted octanol–water partition coefficient (Wildman–Crippen LogP) is 3.55. The van der Waals surface area contributed by atoms with Crippen LogP contribution in [-0.4, -0.2) is 10.1 Å². The predicted molar refractivity (Wildman–Crippen MR) is 69.7 cm³/mol. The molecule has 0 aliphatic rings. The van der Waals surface area contributed by atoms with Crippen molar-refractivity contribution < 1.29 is 5.11 Å². The average molecular weight is 298 g/mol. The van der Waals surface area contributed by atoms with Crippen LogP contribution in [0.4, 0.5) is 0 Å². The third-order valence-corrected chi connectivity index (χ3v) is 4.30. The molecule has 1 aromatic carbocycles. The highest BCUT2D eigenvalue weighted by Gasteiger charge is 2.18. The first-order chi connectivity index (χ1) is 7.74. The molecule has 2 aromatic rings. The van der Waals surface area contributed by atoms with Gasteiger partial charge in [-0.25, -0.2) is 4.98 Å². The van der Waals surface area contributed by atoms with Crippen molar-refractivity contribution in [3.05, 3.63) is 50.4 Å². The van der Waals surface area contributed by atoms with Crippen molar-refractivity contribution in [2.24, 2.45) is 0 Å². The summed E-state index contributed by atoms with van der Waals surface area (Å²) in [6.07, 6.45) is 0.335. The first kappa shape index (κ1) is 11.8. The molecular formula is C12H12BrNOS. The van der Waals surface area contributed by atoms with E-state index in [0.29, 0.717) is 0 Å². The highest BCUT2D eigenvalue weighted by atomic mass is 79.9. The number of hydrogen-bond acceptors (Lipinski definition) is 3. The third kappa shape index (κ3) is 2.19. The Kier molecular flexibility index (Phi) is 3.74. The van der Waals surface area contributed by atoms with Crippen LogP contribution in [0.2, 0.25) is 0 Å². The van der Waals surface area contributed by atoms with E-state index < -0.39 is 6.10 Å². The van der Waals surface area contributed by atoms with Gasteiger partial charge >= 0.3 is 0 Å². The van der Waals surface area contributed by atoms with E-state index in [1.807, 2.05) is 24.3 Å². The van der Waals surface area contributed by atoms with E-state index in [-0.39, 0.29) is 0 Å². The van der Waals surface area contributed by atoms with Crippen LogP contribution in [0.3, 0.4) is 0 Å². The Labute approximate surface area is 107 Å². The van der Waals surface area contributed by atoms with Gasteiger partial charge in [0.25, 0.3) is 0 Å². The molecule has 0 saturated carbocycles. The maximum Gasteiger partial charge on any atom is 0.123 e. The maximum atomic E-state index is 10.3. The van der Waals surface area contributed by atoms with Gasteiger partial charge in [-0.3, -0.25) is 0 Å². The highest BCUT2D eigenvalue weighted by molar-refractivity contribution is 9.10. The Morgan fingerprint density at radius 2 is 2.19 bits per heavy atom. The Bertz CT molecular complexity index is 483. The molecule has 1 atom stereocenters. The maximum absolute atomic E-state index is 10.3. The summed E-state index contributed by atoms with van der Waals surface area (Å²) in [6, 6.07) is 7.96. The lowest BCUT2D eigenvalue weighted by Crippen LogP contribution is -2.02. The average Bonchev–Trinajstić information content (AvgIpc) is 2.74. The Morgan fingerprint density at radius 1 is 1.44 bits per heavy atom. The monoisotopic (exact) mass is 297 g/mol. The topological polar surface area (TPSA) is 33.1 Å². The number of aryl methyl sites for hydroxylation is 1. The van der Waals surface area contributed by atoms with E-state index in [1.165, 1.54) is 16.9 Å². The first-order valence-corrected chi connectivity index (χ1v) is 6.76. The van der Waals surface area contributed by atoms with E-state index in [4.69, 9.17) is 0 Å². The van der Waals surface area contributed by atoms with E-state index >= 15 is 0 Å². The fraction of sp³-hybridized carbons (Fsp3) is 0.250. The molecule has 2 rings (SSSR count). The number of hydrogen-bond donors (Lipinski definition) is 1. The fourth-order valence-corrected chi connectivity index (χ4v) is 3.10. The van der Waals surface area contributed by atoms with E-state index in [2.05, 4.69) is 27.8 Å². The number of thiazole rings is 1. The van der Waals surface area contributed by atoms with Crippen molar-refractivity contribution in [2.45, 2.75) is 19.4 Å². The minimum atomic E-state index is -0.585. The molecule has 0 saturated heterocycles. The van der Waals surface area contributed by atoms with Crippen LogP contribution in [0.15, 0.2) is 34.4 Å². The molecule has 1 heterocycles. The second-order valence-electron chi connectivity index (χ2n) is 3.46. The fourth-order valence-electron chi connectivity index (χ4n) is 1.68. The quantitative estimate of drug-likeness (QED) is 0.940. The zero-order chi connectivity index (χ0) is 11.5. The van der Waals surface area contributed by atoms with Gasteiger partial charge in [0.05, 0.1) is 10.4 Å². The molecule has 0 fully saturated rings. The number of rotatable bonds is 3. The summed E-state index contributed by atoms with van der Waals surface area (Å²) in [5.41, 5.74) is 3.88. The summed E-state index contributed by atoms with van der Waals surface area (Å²) < 4.78 is 0.732. The molecule has 1 unspecified atom stereocenters. The SMILES string of the molecule is CCc1ccccc1C(O)c1scnc1Br. The van der Waals surface area contributed by atoms with Crippen molar-refractivity contribution >= 4 is 27.3 Å². The molecule has 84 valence electrons. The molecule has 1 N–H and O–H groups in total. The van der Waals surface area contributed by atoms with Gasteiger partial charge in [0.2, 0.25) is 0 Å². The summed E-state index contributed by atoms with van der Waals surface area (Å²) in [5, 5.41) is 10.3. The molecule has 0 amide bonds. The van der Waals surface area contributed by atoms with Crippen LogP contribution in [0.25, 0.3) is 0 Å². The molecule has 0 radical (unpaired) electrons. The molecule has 2 nitrogen and oxygen atoms in total. The summed E-state index contributed by atoms with van der Waals surface area (Å²) >= 11 is 4.81. The number of nitrogens with zero attached hydrogens (tertiary/aromatic N) is 1. The van der Waals surface area contributed by atoms with Crippen LogP contribution < -0.4 is 0 Å². The smallest absolute Gasteiger partial charge is 0.123 e. The van der Waals surface area contributed by atoms with Gasteiger partial charge < -0.3 is 5.11 Å². The van der Waals surface area contributed by atoms with Crippen molar-refractivity contribution in [3.8, 4) is 0 Å². The van der Waals surface area contributed by atoms with Crippen LogP contribution in [0, 0.1) is 0 Å². The number of aliphatic hydroxyl groups excluding tert-OH is 1. The van der Waals surface area contributed by atoms with Gasteiger partial charge in [-0.1, -0.05) is 31.2 Å². The normalized spacial score (nSPS) is 12.7. The molecule has 0 spiro atoms. The van der Waals surface area contributed by atoms with E-state index in [9.17, 15) is 5.11 Å². The Morgan fingerprint density at radius 3 is 2.81 bits per heavy atom. The Hall–Kier alpha value is -0.710. The standard InChI is InChI=1S/C12H12BrNOS/c1-2-8-5-3-4-6-9(8)10(15)11-12(13)14-7-16-11/h3-7,10,15H,2H2,1H3. The zero-order valence-electron chi connectivity index (χ0n) is 8.85. The largest absolute Gasteiger partial charge is 0.383 e. The van der Waals surface area contributed by atoms with Gasteiger partial charge in [-0.2, -0.15) is 0 Å². The van der Waals surface area contributed by atoms with Crippen molar-refractivity contribution in [1.29, 1.82) is 0 Å². The Balaban J connectivity index is 2.41. The number of benzene rings is 1. The molecule has 4 heteroatoms. The van der Waals surface area contributed by atoms with Crippen LogP contribution in [-0.2, 0) is 6.42 Å². The molecule has 0 aliphatic heterocycles. The molecule has 0 bridgehead atoms. The second-order valence-corrected chi connectivity index (χ2v) is 5.10. The van der Waals surface area contributed by atoms with Crippen molar-refractivity contribution in [2.75, 3.05) is 0 Å². The highest BCUT2D eigenvalue weighted by Crippen LogP contribution is 2.32. The van der Waals surface area contributed by atoms with Gasteiger partial charge in [0, 0.05) is 0 Å². The number of aromatic nitrogens is 1. The van der Waals surface area contributed by atoms with Crippen LogP contribution >= 0.6 is 27.3 Å². The lowest BCUT2D eigenvalue weighted by molar-refractivity contribution is 0.222. The van der Waals surface area contributed by atoms with Crippen molar-refractivity contribution in [3.63, 3.8) is 0 Å². The van der Waals surface area contributed by atoms with Crippen LogP contribution in [0.5, 0.6) is 0 Å². The van der Waals surface area contributed by atoms with Gasteiger partial charge in [-0.05, 0) is 33.5 Å². The molecule has 16 heavy (non-hydrogen) atoms. The molecular weight excluding hydrogens is 286 g/mol. The summed E-state index contributed by atoms with van der Waals surface area (Å²) in [4.78, 5) is 4.96. The van der Waals surface area contributed by atoms with Crippen molar-refractivity contribution in [1.82, 2.24) is 4.98 Å². The molecule has 0 aliphatic carbocycles. The summed E-state index contributed by atoms with van der Waals surface area (Å²) in [5.74, 6) is 0. The van der Waals surface area contributed by atoms with Gasteiger partial charge in [0.15, 0.2) is 0 Å². The zero-order valence-corrected chi connectivity index (χ0v) is 11.3. The number of aliphatic hydroxyl groups is 1. The van der Waals surface area contributed by atoms with Crippen LogP contribution in [0.1, 0.15) is 29.0 Å².